The largest absolute Gasteiger partial charge is 0.497 e. The zero-order valence-electron chi connectivity index (χ0n) is 20.0. The Morgan fingerprint density at radius 2 is 1.33 bits per heavy atom. The van der Waals surface area contributed by atoms with Crippen molar-refractivity contribution in [3.05, 3.63) is 143 Å². The van der Waals surface area contributed by atoms with Crippen LogP contribution in [0.5, 0.6) is 5.75 Å². The van der Waals surface area contributed by atoms with Crippen molar-refractivity contribution in [2.45, 2.75) is 6.42 Å². The first-order valence-corrected chi connectivity index (χ1v) is 12.1. The van der Waals surface area contributed by atoms with Crippen LogP contribution in [0.25, 0.3) is 38.6 Å². The molecule has 3 nitrogen and oxygen atoms in total. The Labute approximate surface area is 209 Å². The van der Waals surface area contributed by atoms with E-state index >= 15 is 0 Å². The minimum absolute atomic E-state index is 0.0714. The lowest BCUT2D eigenvalue weighted by Crippen LogP contribution is -2.18. The fourth-order valence-electron chi connectivity index (χ4n) is 5.06. The average Bonchev–Trinajstić information content (AvgIpc) is 2.95. The van der Waals surface area contributed by atoms with Gasteiger partial charge in [-0.1, -0.05) is 84.9 Å². The Balaban J connectivity index is 1.78. The van der Waals surface area contributed by atoms with Crippen LogP contribution in [0.15, 0.2) is 126 Å². The van der Waals surface area contributed by atoms with Crippen LogP contribution >= 0.6 is 0 Å². The molecular weight excluding hydrogens is 442 g/mol. The Hall–Kier alpha value is -4.63. The maximum Gasteiger partial charge on any atom is 0.193 e. The number of rotatable bonds is 5. The standard InChI is InChI=1S/C33H25NO2/c1-36-26-20-18-25(19-21-26)34-31-17-8-7-15-29(31)33(35)30(22-23-10-3-2-4-11-23)32(34)28-16-9-13-24-12-5-6-14-27(24)28/h2-21H,22H2,1H3. The van der Waals surface area contributed by atoms with E-state index in [0.29, 0.717) is 11.8 Å². The topological polar surface area (TPSA) is 31.2 Å². The fraction of sp³-hybridized carbons (Fsp3) is 0.0606. The summed E-state index contributed by atoms with van der Waals surface area (Å²) in [5.74, 6) is 0.792. The number of benzene rings is 5. The highest BCUT2D eigenvalue weighted by Crippen LogP contribution is 2.35. The monoisotopic (exact) mass is 467 g/mol. The number of pyridine rings is 1. The SMILES string of the molecule is COc1ccc(-n2c(-c3cccc4ccccc34)c(Cc3ccccc3)c(=O)c3ccccc32)cc1. The number of fused-ring (bicyclic) bond motifs is 2. The highest BCUT2D eigenvalue weighted by atomic mass is 16.5. The molecule has 6 aromatic rings. The van der Waals surface area contributed by atoms with Crippen molar-refractivity contribution in [1.29, 1.82) is 0 Å². The zero-order valence-corrected chi connectivity index (χ0v) is 20.0. The van der Waals surface area contributed by atoms with E-state index in [9.17, 15) is 4.79 Å². The van der Waals surface area contributed by atoms with Crippen molar-refractivity contribution in [3.63, 3.8) is 0 Å². The average molecular weight is 468 g/mol. The van der Waals surface area contributed by atoms with Gasteiger partial charge < -0.3 is 9.30 Å². The van der Waals surface area contributed by atoms with Crippen LogP contribution in [0.2, 0.25) is 0 Å². The number of hydrogen-bond acceptors (Lipinski definition) is 2. The molecule has 0 bridgehead atoms. The van der Waals surface area contributed by atoms with Crippen molar-refractivity contribution >= 4 is 21.7 Å². The van der Waals surface area contributed by atoms with E-state index in [1.54, 1.807) is 7.11 Å². The summed E-state index contributed by atoms with van der Waals surface area (Å²) in [7, 11) is 1.67. The van der Waals surface area contributed by atoms with E-state index in [2.05, 4.69) is 65.2 Å². The van der Waals surface area contributed by atoms with Gasteiger partial charge in [-0.3, -0.25) is 4.79 Å². The number of nitrogens with zero attached hydrogens (tertiary/aromatic N) is 1. The smallest absolute Gasteiger partial charge is 0.193 e. The molecule has 0 spiro atoms. The summed E-state index contributed by atoms with van der Waals surface area (Å²) in [4.78, 5) is 14.1. The second kappa shape index (κ2) is 9.20. The van der Waals surface area contributed by atoms with E-state index in [-0.39, 0.29) is 5.43 Å². The van der Waals surface area contributed by atoms with Gasteiger partial charge in [-0.2, -0.15) is 0 Å². The molecule has 1 aromatic heterocycles. The van der Waals surface area contributed by atoms with Crippen molar-refractivity contribution in [2.75, 3.05) is 7.11 Å². The van der Waals surface area contributed by atoms with E-state index in [0.717, 1.165) is 50.1 Å². The van der Waals surface area contributed by atoms with E-state index < -0.39 is 0 Å². The molecule has 0 unspecified atom stereocenters. The summed E-state index contributed by atoms with van der Waals surface area (Å²) in [5, 5.41) is 2.97. The second-order valence-corrected chi connectivity index (χ2v) is 8.90. The first kappa shape index (κ1) is 21.9. The molecular formula is C33H25NO2. The van der Waals surface area contributed by atoms with Gasteiger partial charge in [0.15, 0.2) is 5.43 Å². The van der Waals surface area contributed by atoms with E-state index in [1.807, 2.05) is 60.7 Å². The highest BCUT2D eigenvalue weighted by molar-refractivity contribution is 5.99. The third kappa shape index (κ3) is 3.75. The summed E-state index contributed by atoms with van der Waals surface area (Å²) in [6, 6.07) is 40.8. The molecule has 0 aliphatic heterocycles. The molecule has 1 heterocycles. The number of aromatic nitrogens is 1. The lowest BCUT2D eigenvalue weighted by molar-refractivity contribution is 0.415. The first-order chi connectivity index (χ1) is 17.7. The molecule has 0 amide bonds. The molecule has 0 N–H and O–H groups in total. The number of ether oxygens (including phenoxy) is 1. The van der Waals surface area contributed by atoms with Gasteiger partial charge in [-0.05, 0) is 52.7 Å². The van der Waals surface area contributed by atoms with Crippen molar-refractivity contribution in [1.82, 2.24) is 4.57 Å². The van der Waals surface area contributed by atoms with Gasteiger partial charge >= 0.3 is 0 Å². The third-order valence-corrected chi connectivity index (χ3v) is 6.77. The van der Waals surface area contributed by atoms with Gasteiger partial charge in [0.05, 0.1) is 18.3 Å². The normalized spacial score (nSPS) is 11.1. The van der Waals surface area contributed by atoms with Crippen molar-refractivity contribution in [2.24, 2.45) is 0 Å². The highest BCUT2D eigenvalue weighted by Gasteiger charge is 2.21. The Bertz CT molecular complexity index is 1740. The molecule has 0 saturated carbocycles. The molecule has 6 rings (SSSR count). The van der Waals surface area contributed by atoms with E-state index in [1.165, 1.54) is 0 Å². The van der Waals surface area contributed by atoms with Crippen LogP contribution < -0.4 is 10.2 Å². The van der Waals surface area contributed by atoms with Crippen LogP contribution in [-0.2, 0) is 6.42 Å². The van der Waals surface area contributed by atoms with Crippen LogP contribution in [0.4, 0.5) is 0 Å². The zero-order chi connectivity index (χ0) is 24.5. The molecule has 0 saturated heterocycles. The summed E-state index contributed by atoms with van der Waals surface area (Å²) in [6.45, 7) is 0. The predicted octanol–water partition coefficient (Wildman–Crippen LogP) is 7.41. The minimum Gasteiger partial charge on any atom is -0.497 e. The molecule has 0 fully saturated rings. The molecule has 5 aromatic carbocycles. The van der Waals surface area contributed by atoms with E-state index in [4.69, 9.17) is 4.74 Å². The summed E-state index contributed by atoms with van der Waals surface area (Å²) in [5.41, 5.74) is 5.78. The van der Waals surface area contributed by atoms with Crippen LogP contribution in [0.1, 0.15) is 11.1 Å². The summed E-state index contributed by atoms with van der Waals surface area (Å²) >= 11 is 0. The number of para-hydroxylation sites is 1. The van der Waals surface area contributed by atoms with Crippen LogP contribution in [-0.4, -0.2) is 11.7 Å². The molecule has 0 radical (unpaired) electrons. The van der Waals surface area contributed by atoms with Gasteiger partial charge in [0.1, 0.15) is 5.75 Å². The lowest BCUT2D eigenvalue weighted by atomic mass is 9.93. The number of hydrogen-bond donors (Lipinski definition) is 0. The summed E-state index contributed by atoms with van der Waals surface area (Å²) in [6.07, 6.45) is 0.541. The van der Waals surface area contributed by atoms with Crippen LogP contribution in [0, 0.1) is 0 Å². The fourth-order valence-corrected chi connectivity index (χ4v) is 5.06. The summed E-state index contributed by atoms with van der Waals surface area (Å²) < 4.78 is 7.66. The molecule has 0 aliphatic carbocycles. The molecule has 3 heteroatoms. The van der Waals surface area contributed by atoms with Gasteiger partial charge in [-0.25, -0.2) is 0 Å². The molecule has 36 heavy (non-hydrogen) atoms. The molecule has 0 atom stereocenters. The maximum atomic E-state index is 14.1. The van der Waals surface area contributed by atoms with Crippen molar-refractivity contribution in [3.8, 4) is 22.7 Å². The Morgan fingerprint density at radius 1 is 0.667 bits per heavy atom. The van der Waals surface area contributed by atoms with Gasteiger partial charge in [-0.15, -0.1) is 0 Å². The van der Waals surface area contributed by atoms with Crippen LogP contribution in [0.3, 0.4) is 0 Å². The second-order valence-electron chi connectivity index (χ2n) is 8.90. The minimum atomic E-state index is 0.0714. The third-order valence-electron chi connectivity index (χ3n) is 6.77. The van der Waals surface area contributed by atoms with Gasteiger partial charge in [0.25, 0.3) is 0 Å². The predicted molar refractivity (Wildman–Crippen MR) is 148 cm³/mol. The van der Waals surface area contributed by atoms with Gasteiger partial charge in [0.2, 0.25) is 0 Å². The Morgan fingerprint density at radius 3 is 2.11 bits per heavy atom. The van der Waals surface area contributed by atoms with Crippen molar-refractivity contribution < 1.29 is 4.74 Å². The number of methoxy groups -OCH3 is 1. The lowest BCUT2D eigenvalue weighted by Gasteiger charge is -2.22. The first-order valence-electron chi connectivity index (χ1n) is 12.1. The molecule has 0 aliphatic rings. The molecule has 174 valence electrons. The maximum absolute atomic E-state index is 14.1. The van der Waals surface area contributed by atoms with Gasteiger partial charge in [0, 0.05) is 28.6 Å². The Kier molecular flexibility index (Phi) is 5.59. The quantitative estimate of drug-likeness (QED) is 0.264.